The maximum Gasteiger partial charge on any atom is 0.257 e. The SMILES string of the molecule is NC(=NO)c1ccccc1Cc1nc2c(c(=O)[nH]1)CN(C1CCC(F)(F)CC1)N2. The number of oxime groups is 1. The molecule has 2 aliphatic rings. The summed E-state index contributed by atoms with van der Waals surface area (Å²) in [7, 11) is 0. The number of H-pyrrole nitrogens is 1. The minimum Gasteiger partial charge on any atom is -0.409 e. The molecule has 1 aromatic heterocycles. The second-order valence-corrected chi connectivity index (χ2v) is 7.49. The van der Waals surface area contributed by atoms with Gasteiger partial charge in [-0.25, -0.2) is 18.8 Å². The largest absolute Gasteiger partial charge is 0.409 e. The van der Waals surface area contributed by atoms with Crippen LogP contribution in [0.4, 0.5) is 14.6 Å². The number of nitrogens with two attached hydrogens (primary N) is 1. The second kappa shape index (κ2) is 7.43. The first kappa shape index (κ1) is 19.3. The number of benzene rings is 1. The lowest BCUT2D eigenvalue weighted by Crippen LogP contribution is -2.41. The third-order valence-electron chi connectivity index (χ3n) is 5.53. The summed E-state index contributed by atoms with van der Waals surface area (Å²) in [6.45, 7) is 0.328. The van der Waals surface area contributed by atoms with Gasteiger partial charge < -0.3 is 21.4 Å². The third kappa shape index (κ3) is 3.93. The number of hydrazine groups is 1. The van der Waals surface area contributed by atoms with Crippen molar-refractivity contribution >= 4 is 11.7 Å². The zero-order chi connectivity index (χ0) is 20.6. The van der Waals surface area contributed by atoms with Crippen molar-refractivity contribution in [2.24, 2.45) is 10.9 Å². The molecule has 0 atom stereocenters. The van der Waals surface area contributed by atoms with Crippen molar-refractivity contribution in [2.75, 3.05) is 5.43 Å². The van der Waals surface area contributed by atoms with Gasteiger partial charge in [-0.1, -0.05) is 29.4 Å². The van der Waals surface area contributed by atoms with Gasteiger partial charge in [0, 0.05) is 30.9 Å². The first-order valence-corrected chi connectivity index (χ1v) is 9.45. The summed E-state index contributed by atoms with van der Waals surface area (Å²) < 4.78 is 26.9. The molecule has 0 saturated heterocycles. The first-order chi connectivity index (χ1) is 13.9. The normalized spacial score (nSPS) is 19.7. The molecule has 0 unspecified atom stereocenters. The Morgan fingerprint density at radius 2 is 2.07 bits per heavy atom. The van der Waals surface area contributed by atoms with Crippen molar-refractivity contribution in [1.82, 2.24) is 15.0 Å². The Labute approximate surface area is 165 Å². The number of nitrogens with zero attached hydrogens (tertiary/aromatic N) is 3. The lowest BCUT2D eigenvalue weighted by Gasteiger charge is -2.33. The topological polar surface area (TPSA) is 120 Å². The highest BCUT2D eigenvalue weighted by molar-refractivity contribution is 5.98. The molecule has 10 heteroatoms. The van der Waals surface area contributed by atoms with Gasteiger partial charge in [0.05, 0.1) is 12.1 Å². The van der Waals surface area contributed by atoms with Gasteiger partial charge >= 0.3 is 0 Å². The maximum absolute atomic E-state index is 13.4. The summed E-state index contributed by atoms with van der Waals surface area (Å²) in [5, 5.41) is 13.8. The van der Waals surface area contributed by atoms with Crippen LogP contribution in [0.5, 0.6) is 0 Å². The Morgan fingerprint density at radius 3 is 2.79 bits per heavy atom. The van der Waals surface area contributed by atoms with Crippen molar-refractivity contribution in [2.45, 2.75) is 50.6 Å². The number of aromatic nitrogens is 2. The summed E-state index contributed by atoms with van der Waals surface area (Å²) in [5.74, 6) is -1.75. The van der Waals surface area contributed by atoms with E-state index in [4.69, 9.17) is 10.9 Å². The molecule has 2 aromatic rings. The van der Waals surface area contributed by atoms with Gasteiger partial charge in [-0.3, -0.25) is 4.79 Å². The molecule has 0 radical (unpaired) electrons. The minimum absolute atomic E-state index is 0.0255. The molecule has 154 valence electrons. The number of hydrogen-bond donors (Lipinski definition) is 4. The molecule has 2 heterocycles. The minimum atomic E-state index is -2.60. The van der Waals surface area contributed by atoms with Crippen molar-refractivity contribution in [3.8, 4) is 0 Å². The number of hydrogen-bond acceptors (Lipinski definition) is 6. The quantitative estimate of drug-likeness (QED) is 0.268. The Kier molecular flexibility index (Phi) is 4.95. The molecular weight excluding hydrogens is 382 g/mol. The van der Waals surface area contributed by atoms with Crippen LogP contribution in [-0.2, 0) is 13.0 Å². The molecule has 1 aliphatic heterocycles. The zero-order valence-corrected chi connectivity index (χ0v) is 15.7. The van der Waals surface area contributed by atoms with E-state index in [1.807, 2.05) is 17.1 Å². The number of halogens is 2. The van der Waals surface area contributed by atoms with E-state index >= 15 is 0 Å². The summed E-state index contributed by atoms with van der Waals surface area (Å²) >= 11 is 0. The van der Waals surface area contributed by atoms with E-state index in [1.54, 1.807) is 12.1 Å². The summed E-state index contributed by atoms with van der Waals surface area (Å²) in [6.07, 6.45) is 0.724. The highest BCUT2D eigenvalue weighted by Gasteiger charge is 2.39. The van der Waals surface area contributed by atoms with E-state index in [0.717, 1.165) is 5.56 Å². The molecule has 29 heavy (non-hydrogen) atoms. The van der Waals surface area contributed by atoms with Crippen molar-refractivity contribution in [3.05, 3.63) is 57.1 Å². The molecule has 0 amide bonds. The maximum atomic E-state index is 13.4. The number of alkyl halides is 2. The molecule has 1 aliphatic carbocycles. The van der Waals surface area contributed by atoms with Gasteiger partial charge in [0.15, 0.2) is 11.7 Å². The first-order valence-electron chi connectivity index (χ1n) is 9.45. The highest BCUT2D eigenvalue weighted by Crippen LogP contribution is 2.36. The number of rotatable bonds is 4. The Hall–Kier alpha value is -3.01. The molecule has 4 rings (SSSR count). The van der Waals surface area contributed by atoms with E-state index in [2.05, 4.69) is 20.5 Å². The fourth-order valence-corrected chi connectivity index (χ4v) is 3.93. The molecule has 8 nitrogen and oxygen atoms in total. The number of anilines is 1. The van der Waals surface area contributed by atoms with E-state index in [1.165, 1.54) is 0 Å². The van der Waals surface area contributed by atoms with E-state index in [-0.39, 0.29) is 36.7 Å². The van der Waals surface area contributed by atoms with E-state index in [0.29, 0.717) is 42.2 Å². The number of fused-ring (bicyclic) bond motifs is 1. The van der Waals surface area contributed by atoms with Crippen LogP contribution < -0.4 is 16.7 Å². The summed E-state index contributed by atoms with van der Waals surface area (Å²) in [5.41, 5.74) is 10.4. The Bertz CT molecular complexity index is 996. The van der Waals surface area contributed by atoms with Gasteiger partial charge in [0.1, 0.15) is 5.82 Å². The van der Waals surface area contributed by atoms with Gasteiger partial charge in [-0.15, -0.1) is 0 Å². The Balaban J connectivity index is 1.54. The third-order valence-corrected chi connectivity index (χ3v) is 5.53. The predicted molar refractivity (Wildman–Crippen MR) is 103 cm³/mol. The molecule has 1 saturated carbocycles. The summed E-state index contributed by atoms with van der Waals surface area (Å²) in [4.78, 5) is 19.8. The van der Waals surface area contributed by atoms with Crippen LogP contribution >= 0.6 is 0 Å². The average molecular weight is 404 g/mol. The van der Waals surface area contributed by atoms with Crippen molar-refractivity contribution in [3.63, 3.8) is 0 Å². The fourth-order valence-electron chi connectivity index (χ4n) is 3.93. The zero-order valence-electron chi connectivity index (χ0n) is 15.7. The molecule has 1 fully saturated rings. The second-order valence-electron chi connectivity index (χ2n) is 7.49. The van der Waals surface area contributed by atoms with Crippen LogP contribution in [0.15, 0.2) is 34.2 Å². The molecule has 0 bridgehead atoms. The lowest BCUT2D eigenvalue weighted by atomic mass is 9.92. The highest BCUT2D eigenvalue weighted by atomic mass is 19.3. The molecule has 1 aromatic carbocycles. The molecular formula is C19H22F2N6O2. The Morgan fingerprint density at radius 1 is 1.34 bits per heavy atom. The van der Waals surface area contributed by atoms with Crippen LogP contribution in [0, 0.1) is 0 Å². The van der Waals surface area contributed by atoms with Crippen LogP contribution in [0.1, 0.15) is 48.2 Å². The van der Waals surface area contributed by atoms with Gasteiger partial charge in [0.25, 0.3) is 5.56 Å². The van der Waals surface area contributed by atoms with Gasteiger partial charge in [0.2, 0.25) is 5.92 Å². The fraction of sp³-hybridized carbons (Fsp3) is 0.421. The standard InChI is InChI=1S/C19H22F2N6O2/c20-19(21)7-5-12(6-8-19)27-10-14-17(25-27)23-15(24-18(14)28)9-11-3-1-2-4-13(11)16(22)26-29/h1-4,12,29H,5-10H2,(H2,22,26)(H2,23,24,25,28). The number of nitrogens with one attached hydrogen (secondary N) is 2. The summed E-state index contributed by atoms with van der Waals surface area (Å²) in [6, 6.07) is 7.04. The predicted octanol–water partition coefficient (Wildman–Crippen LogP) is 2.18. The van der Waals surface area contributed by atoms with E-state index < -0.39 is 5.92 Å². The average Bonchev–Trinajstić information content (AvgIpc) is 3.12. The van der Waals surface area contributed by atoms with Gasteiger partial charge in [-0.2, -0.15) is 0 Å². The molecule has 0 spiro atoms. The van der Waals surface area contributed by atoms with Crippen LogP contribution in [0.25, 0.3) is 0 Å². The van der Waals surface area contributed by atoms with Crippen LogP contribution in [-0.4, -0.2) is 38.0 Å². The van der Waals surface area contributed by atoms with Crippen LogP contribution in [0.2, 0.25) is 0 Å². The van der Waals surface area contributed by atoms with Gasteiger partial charge in [-0.05, 0) is 18.4 Å². The lowest BCUT2D eigenvalue weighted by molar-refractivity contribution is -0.0513. The molecule has 5 N–H and O–H groups in total. The van der Waals surface area contributed by atoms with Crippen LogP contribution in [0.3, 0.4) is 0 Å². The van der Waals surface area contributed by atoms with Crippen molar-refractivity contribution < 1.29 is 14.0 Å². The smallest absolute Gasteiger partial charge is 0.257 e. The monoisotopic (exact) mass is 404 g/mol. The number of amidine groups is 1. The van der Waals surface area contributed by atoms with E-state index in [9.17, 15) is 13.6 Å². The van der Waals surface area contributed by atoms with Crippen molar-refractivity contribution in [1.29, 1.82) is 0 Å². The number of aromatic amines is 1.